The second kappa shape index (κ2) is 18.9. The predicted octanol–water partition coefficient (Wildman–Crippen LogP) is 1.97. The monoisotopic (exact) mass is 594 g/mol. The molecule has 0 saturated carbocycles. The Hall–Kier alpha value is -0.413. The molecule has 1 aliphatic heterocycles. The molecule has 0 amide bonds. The van der Waals surface area contributed by atoms with Gasteiger partial charge < -0.3 is 21.6 Å². The van der Waals surface area contributed by atoms with Crippen molar-refractivity contribution in [3.8, 4) is 11.8 Å². The fourth-order valence-corrected chi connectivity index (χ4v) is 1.53. The van der Waals surface area contributed by atoms with Crippen molar-refractivity contribution in [3.05, 3.63) is 55.2 Å². The fraction of sp³-hybridized carbons (Fsp3) is 0.333. The Morgan fingerprint density at radius 3 is 1.89 bits per heavy atom. The molecule has 1 fully saturated rings. The van der Waals surface area contributed by atoms with E-state index in [9.17, 15) is 4.79 Å². The number of halogens is 2. The molecular formula is C18H25I2LiN2O4. The van der Waals surface area contributed by atoms with E-state index in [-0.39, 0.29) is 39.8 Å². The summed E-state index contributed by atoms with van der Waals surface area (Å²) in [6.07, 6.45) is 4.28. The van der Waals surface area contributed by atoms with Gasteiger partial charge in [-0.25, -0.2) is 9.97 Å². The number of ether oxygens (including phenoxy) is 3. The van der Waals surface area contributed by atoms with E-state index >= 15 is 0 Å². The zero-order valence-electron chi connectivity index (χ0n) is 15.3. The maximum Gasteiger partial charge on any atom is 1.00 e. The van der Waals surface area contributed by atoms with E-state index in [2.05, 4.69) is 55.1 Å². The number of carbonyl (C=O) groups excluding carboxylic acids is 1. The summed E-state index contributed by atoms with van der Waals surface area (Å²) in [6.45, 7) is 0.827. The Kier molecular flexibility index (Phi) is 21.9. The predicted molar refractivity (Wildman–Crippen MR) is 122 cm³/mol. The van der Waals surface area contributed by atoms with Gasteiger partial charge in [-0.3, -0.25) is 4.79 Å². The van der Waals surface area contributed by atoms with Crippen LogP contribution < -0.4 is 28.3 Å². The first-order chi connectivity index (χ1) is 11.7. The van der Waals surface area contributed by atoms with Gasteiger partial charge in [0.25, 0.3) is 0 Å². The number of nitrogens with zero attached hydrogens (tertiary/aromatic N) is 2. The topological polar surface area (TPSA) is 73.8 Å². The van der Waals surface area contributed by atoms with Crippen LogP contribution in [0.25, 0.3) is 0 Å². The van der Waals surface area contributed by atoms with Crippen molar-refractivity contribution < 1.29 is 37.9 Å². The molecule has 6 nitrogen and oxygen atoms in total. The summed E-state index contributed by atoms with van der Waals surface area (Å²) >= 11 is 4.55. The number of epoxide rings is 1. The molecule has 1 atom stereocenters. The first-order valence-corrected chi connectivity index (χ1v) is 9.92. The van der Waals surface area contributed by atoms with Crippen LogP contribution in [-0.2, 0) is 4.74 Å². The van der Waals surface area contributed by atoms with Crippen LogP contribution in [-0.4, -0.2) is 39.5 Å². The van der Waals surface area contributed by atoms with Gasteiger partial charge in [0.1, 0.15) is 6.10 Å². The quantitative estimate of drug-likeness (QED) is 0.135. The van der Waals surface area contributed by atoms with Crippen LogP contribution in [0.1, 0.15) is 29.5 Å². The number of aldehydes is 1. The van der Waals surface area contributed by atoms with Crippen molar-refractivity contribution in [2.75, 3.05) is 23.3 Å². The molecule has 0 aromatic carbocycles. The van der Waals surface area contributed by atoms with Crippen LogP contribution in [0.5, 0.6) is 11.8 Å². The van der Waals surface area contributed by atoms with Gasteiger partial charge in [0.2, 0.25) is 11.8 Å². The van der Waals surface area contributed by atoms with E-state index in [1.165, 1.54) is 15.7 Å². The minimum Gasteiger partial charge on any atom is -0.481 e. The first-order valence-electron chi connectivity index (χ1n) is 6.87. The van der Waals surface area contributed by atoms with E-state index in [0.717, 1.165) is 18.5 Å². The average Bonchev–Trinajstić information content (AvgIpc) is 3.48. The summed E-state index contributed by atoms with van der Waals surface area (Å²) in [5, 5.41) is 0. The molecule has 1 aliphatic rings. The molecule has 1 saturated heterocycles. The van der Waals surface area contributed by atoms with Gasteiger partial charge >= 0.3 is 18.9 Å². The van der Waals surface area contributed by atoms with Crippen molar-refractivity contribution in [3.63, 3.8) is 0 Å². The van der Waals surface area contributed by atoms with Gasteiger partial charge in [-0.1, -0.05) is 52.6 Å². The van der Waals surface area contributed by atoms with E-state index in [4.69, 9.17) is 14.2 Å². The Morgan fingerprint density at radius 1 is 1.11 bits per heavy atom. The Labute approximate surface area is 201 Å². The Balaban J connectivity index is -0.000000341. The van der Waals surface area contributed by atoms with Crippen molar-refractivity contribution in [2.45, 2.75) is 13.5 Å². The van der Waals surface area contributed by atoms with E-state index in [1.54, 1.807) is 25.4 Å². The van der Waals surface area contributed by atoms with Gasteiger partial charge in [-0.15, -0.1) is 0 Å². The third-order valence-corrected chi connectivity index (χ3v) is 2.78. The molecule has 1 unspecified atom stereocenters. The van der Waals surface area contributed by atoms with Gasteiger partial charge in [0.15, 0.2) is 6.29 Å². The number of alkyl halides is 2. The summed E-state index contributed by atoms with van der Waals surface area (Å²) < 4.78 is 16.0. The summed E-state index contributed by atoms with van der Waals surface area (Å²) in [5.41, 5.74) is 1.69. The molecule has 0 aliphatic carbocycles. The van der Waals surface area contributed by atoms with Crippen molar-refractivity contribution in [1.82, 2.24) is 9.97 Å². The summed E-state index contributed by atoms with van der Waals surface area (Å²) in [5.74, 6) is 1.17. The zero-order chi connectivity index (χ0) is 17.8. The average molecular weight is 594 g/mol. The van der Waals surface area contributed by atoms with Crippen LogP contribution in [0.3, 0.4) is 0 Å². The molecule has 3 rings (SSSR count). The zero-order valence-corrected chi connectivity index (χ0v) is 19.6. The molecule has 3 heterocycles. The third kappa shape index (κ3) is 13.4. The third-order valence-electron chi connectivity index (χ3n) is 2.78. The first kappa shape index (κ1) is 31.3. The smallest absolute Gasteiger partial charge is 0.481 e. The second-order valence-corrected chi connectivity index (χ2v) is 8.75. The van der Waals surface area contributed by atoms with Gasteiger partial charge in [0, 0.05) is 35.7 Å². The molecule has 27 heavy (non-hydrogen) atoms. The van der Waals surface area contributed by atoms with E-state index in [0.29, 0.717) is 17.3 Å². The largest absolute Gasteiger partial charge is 1.00 e. The second-order valence-electron chi connectivity index (χ2n) is 4.31. The SMILES string of the molecule is C.COc1ccc(C2CO2)cn1.COc1ccc(C=O)cn1.ICI.[CH3-].[Li+]. The van der Waals surface area contributed by atoms with Crippen LogP contribution >= 0.6 is 45.2 Å². The van der Waals surface area contributed by atoms with Crippen molar-refractivity contribution in [1.29, 1.82) is 0 Å². The summed E-state index contributed by atoms with van der Waals surface area (Å²) in [6, 6.07) is 7.11. The number of hydrogen-bond donors (Lipinski definition) is 0. The van der Waals surface area contributed by atoms with Crippen molar-refractivity contribution >= 4 is 51.5 Å². The Bertz CT molecular complexity index is 597. The number of methoxy groups -OCH3 is 2. The Morgan fingerprint density at radius 2 is 1.59 bits per heavy atom. The van der Waals surface area contributed by atoms with Crippen LogP contribution in [0.2, 0.25) is 0 Å². The molecule has 0 bridgehead atoms. The van der Waals surface area contributed by atoms with Gasteiger partial charge in [-0.05, 0) is 12.1 Å². The minimum absolute atomic E-state index is 0. The molecule has 146 valence electrons. The summed E-state index contributed by atoms with van der Waals surface area (Å²) in [4.78, 5) is 18.0. The van der Waals surface area contributed by atoms with Crippen LogP contribution in [0.15, 0.2) is 36.7 Å². The molecular weight excluding hydrogens is 569 g/mol. The molecule has 2 aromatic heterocycles. The normalized spacial score (nSPS) is 12.7. The fourth-order valence-electron chi connectivity index (χ4n) is 1.53. The number of carbonyl (C=O) groups is 1. The van der Waals surface area contributed by atoms with Crippen LogP contribution in [0.4, 0.5) is 0 Å². The standard InChI is InChI=1S/C8H9NO2.C7H7NO2.CH2I2.CH4.CH3.Li/c1-10-8-3-2-6(4-9-8)7-5-11-7;1-10-7-3-2-6(5-9)4-8-7;2-1-3;;;/h2-4,7H,5H2,1H3;2-5H,1H3;1H2;1H4;1H3;/q;;;;-1;+1. The van der Waals surface area contributed by atoms with Gasteiger partial charge in [-0.2, -0.15) is 0 Å². The maximum absolute atomic E-state index is 10.1. The van der Waals surface area contributed by atoms with Crippen molar-refractivity contribution in [2.24, 2.45) is 0 Å². The van der Waals surface area contributed by atoms with Gasteiger partial charge in [0.05, 0.1) is 23.3 Å². The molecule has 0 radical (unpaired) electrons. The number of hydrogen-bond acceptors (Lipinski definition) is 6. The number of aromatic nitrogens is 2. The summed E-state index contributed by atoms with van der Waals surface area (Å²) in [7, 11) is 3.14. The molecule has 2 aromatic rings. The number of rotatable bonds is 4. The maximum atomic E-state index is 10.1. The molecule has 0 spiro atoms. The van der Waals surface area contributed by atoms with E-state index in [1.807, 2.05) is 12.1 Å². The molecule has 9 heteroatoms. The molecule has 0 N–H and O–H groups in total. The minimum atomic E-state index is 0. The van der Waals surface area contributed by atoms with Crippen LogP contribution in [0, 0.1) is 7.43 Å². The van der Waals surface area contributed by atoms with E-state index < -0.39 is 0 Å². The number of pyridine rings is 2.